The minimum atomic E-state index is -0.939. The molecule has 2 rings (SSSR count). The Bertz CT molecular complexity index is 869. The van der Waals surface area contributed by atoms with Crippen LogP contribution in [0.2, 0.25) is 0 Å². The lowest BCUT2D eigenvalue weighted by molar-refractivity contribution is -0.148. The van der Waals surface area contributed by atoms with Gasteiger partial charge in [-0.3, -0.25) is 9.59 Å². The summed E-state index contributed by atoms with van der Waals surface area (Å²) in [6.07, 6.45) is 1.27. The molecule has 0 amide bonds. The molecule has 0 saturated carbocycles. The number of hydrogen-bond acceptors (Lipinski definition) is 6. The van der Waals surface area contributed by atoms with Gasteiger partial charge in [0.2, 0.25) is 0 Å². The van der Waals surface area contributed by atoms with E-state index in [2.05, 4.69) is 27.7 Å². The SMILES string of the molecule is COc1cccc(OC)c1C(=O)C(CC(C)CC(C)(C)C)C(=O)OCc1ccccc1.O=[PH2+]. The van der Waals surface area contributed by atoms with E-state index in [0.29, 0.717) is 17.9 Å². The molecule has 0 aliphatic rings. The van der Waals surface area contributed by atoms with Gasteiger partial charge in [-0.05, 0) is 41.9 Å². The Balaban J connectivity index is 0.00000265. The van der Waals surface area contributed by atoms with Crippen molar-refractivity contribution in [3.8, 4) is 11.5 Å². The van der Waals surface area contributed by atoms with Crippen molar-refractivity contribution in [2.75, 3.05) is 14.2 Å². The van der Waals surface area contributed by atoms with Gasteiger partial charge in [0.1, 0.15) is 29.6 Å². The maximum atomic E-state index is 13.6. The first-order chi connectivity index (χ1) is 15.7. The number of esters is 1. The van der Waals surface area contributed by atoms with Crippen molar-refractivity contribution < 1.29 is 28.4 Å². The van der Waals surface area contributed by atoms with Gasteiger partial charge in [-0.25, -0.2) is 0 Å². The lowest BCUT2D eigenvalue weighted by Gasteiger charge is -2.26. The van der Waals surface area contributed by atoms with E-state index >= 15 is 0 Å². The number of rotatable bonds is 10. The standard InChI is InChI=1S/C26H34O5.H2OP/c1-18(16-26(2,3)4)15-20(25(28)31-17-19-11-8-7-9-12-19)24(27)23-21(29-5)13-10-14-22(23)30-6;1-2/h7-14,18,20H,15-17H2,1-6H3;2H2/q;+1. The van der Waals surface area contributed by atoms with E-state index in [-0.39, 0.29) is 29.3 Å². The summed E-state index contributed by atoms with van der Waals surface area (Å²) < 4.78 is 24.5. The molecule has 0 bridgehead atoms. The number of benzene rings is 2. The number of methoxy groups -OCH3 is 2. The first-order valence-corrected chi connectivity index (χ1v) is 11.3. The third kappa shape index (κ3) is 8.97. The zero-order chi connectivity index (χ0) is 25.0. The summed E-state index contributed by atoms with van der Waals surface area (Å²) in [7, 11) is 4.16. The fraction of sp³-hybridized carbons (Fsp3) is 0.462. The molecule has 0 aliphatic carbocycles. The molecule has 0 saturated heterocycles. The van der Waals surface area contributed by atoms with Crippen LogP contribution in [0, 0.1) is 17.3 Å². The number of Topliss-reactive ketones (excluding diaryl/α,β-unsaturated/α-hetero) is 1. The third-order valence-corrected chi connectivity index (χ3v) is 5.10. The Hall–Kier alpha value is -2.72. The smallest absolute Gasteiger partial charge is 0.317 e. The average molecular weight is 476 g/mol. The van der Waals surface area contributed by atoms with Crippen molar-refractivity contribution >= 4 is 20.9 Å². The van der Waals surface area contributed by atoms with E-state index in [9.17, 15) is 9.59 Å². The molecule has 0 N–H and O–H groups in total. The summed E-state index contributed by atoms with van der Waals surface area (Å²) in [6, 6.07) is 14.6. The molecule has 180 valence electrons. The van der Waals surface area contributed by atoms with E-state index < -0.39 is 11.9 Å². The van der Waals surface area contributed by atoms with Crippen molar-refractivity contribution in [3.63, 3.8) is 0 Å². The van der Waals surface area contributed by atoms with Crippen LogP contribution in [0.1, 0.15) is 56.5 Å². The lowest BCUT2D eigenvalue weighted by atomic mass is 9.80. The van der Waals surface area contributed by atoms with Gasteiger partial charge in [0.15, 0.2) is 5.78 Å². The summed E-state index contributed by atoms with van der Waals surface area (Å²) >= 11 is 0. The van der Waals surface area contributed by atoms with Gasteiger partial charge in [-0.1, -0.05) is 68.7 Å². The predicted molar refractivity (Wildman–Crippen MR) is 132 cm³/mol. The van der Waals surface area contributed by atoms with E-state index in [1.807, 2.05) is 30.3 Å². The van der Waals surface area contributed by atoms with Crippen LogP contribution in [-0.4, -0.2) is 26.0 Å². The first kappa shape index (κ1) is 28.3. The molecule has 0 aromatic heterocycles. The average Bonchev–Trinajstić information content (AvgIpc) is 2.80. The Morgan fingerprint density at radius 3 is 1.94 bits per heavy atom. The second-order valence-electron chi connectivity index (χ2n) is 9.15. The largest absolute Gasteiger partial charge is 0.496 e. The number of ketones is 1. The molecule has 0 fully saturated rings. The predicted octanol–water partition coefficient (Wildman–Crippen LogP) is 5.92. The first-order valence-electron chi connectivity index (χ1n) is 10.9. The summed E-state index contributed by atoms with van der Waals surface area (Å²) in [5.74, 6) is -0.886. The van der Waals surface area contributed by atoms with Crippen LogP contribution >= 0.6 is 9.12 Å². The quantitative estimate of drug-likeness (QED) is 0.184. The van der Waals surface area contributed by atoms with Gasteiger partial charge < -0.3 is 14.2 Å². The fourth-order valence-corrected chi connectivity index (χ4v) is 3.94. The minimum absolute atomic E-state index is 0.0864. The zero-order valence-electron chi connectivity index (χ0n) is 20.4. The normalized spacial score (nSPS) is 12.5. The molecule has 3 atom stereocenters. The summed E-state index contributed by atoms with van der Waals surface area (Å²) in [4.78, 5) is 26.7. The maximum absolute atomic E-state index is 13.6. The van der Waals surface area contributed by atoms with Gasteiger partial charge in [0.05, 0.1) is 14.2 Å². The molecule has 33 heavy (non-hydrogen) atoms. The fourth-order valence-electron chi connectivity index (χ4n) is 3.94. The van der Waals surface area contributed by atoms with Crippen molar-refractivity contribution in [3.05, 3.63) is 59.7 Å². The number of carbonyl (C=O) groups is 2. The highest BCUT2D eigenvalue weighted by Gasteiger charge is 2.35. The van der Waals surface area contributed by atoms with E-state index in [1.165, 1.54) is 23.3 Å². The summed E-state index contributed by atoms with van der Waals surface area (Å²) in [5.41, 5.74) is 1.24. The Morgan fingerprint density at radius 2 is 1.45 bits per heavy atom. The Kier molecular flexibility index (Phi) is 11.8. The highest BCUT2D eigenvalue weighted by atomic mass is 31.0. The van der Waals surface area contributed by atoms with Crippen molar-refractivity contribution in [1.29, 1.82) is 0 Å². The van der Waals surface area contributed by atoms with Crippen LogP contribution in [0.3, 0.4) is 0 Å². The zero-order valence-corrected chi connectivity index (χ0v) is 21.6. The van der Waals surface area contributed by atoms with Crippen LogP contribution in [0.15, 0.2) is 48.5 Å². The molecule has 3 unspecified atom stereocenters. The van der Waals surface area contributed by atoms with Crippen molar-refractivity contribution in [1.82, 2.24) is 0 Å². The molecule has 0 heterocycles. The summed E-state index contributed by atoms with van der Waals surface area (Å²) in [5, 5.41) is 0. The van der Waals surface area contributed by atoms with Gasteiger partial charge >= 0.3 is 15.1 Å². The van der Waals surface area contributed by atoms with Gasteiger partial charge in [0.25, 0.3) is 0 Å². The Morgan fingerprint density at radius 1 is 0.909 bits per heavy atom. The van der Waals surface area contributed by atoms with E-state index in [1.54, 1.807) is 18.2 Å². The van der Waals surface area contributed by atoms with Crippen LogP contribution < -0.4 is 9.47 Å². The van der Waals surface area contributed by atoms with Crippen LogP contribution in [0.4, 0.5) is 0 Å². The molecule has 7 heteroatoms. The third-order valence-electron chi connectivity index (χ3n) is 5.10. The van der Waals surface area contributed by atoms with Gasteiger partial charge in [-0.15, -0.1) is 0 Å². The Labute approximate surface area is 199 Å². The van der Waals surface area contributed by atoms with Crippen molar-refractivity contribution in [2.24, 2.45) is 17.3 Å². The second kappa shape index (κ2) is 13.7. The van der Waals surface area contributed by atoms with Crippen molar-refractivity contribution in [2.45, 2.75) is 47.1 Å². The van der Waals surface area contributed by atoms with Crippen LogP contribution in [-0.2, 0) is 20.7 Å². The highest BCUT2D eigenvalue weighted by molar-refractivity contribution is 7.00. The summed E-state index contributed by atoms with van der Waals surface area (Å²) in [6.45, 7) is 8.64. The van der Waals surface area contributed by atoms with Gasteiger partial charge in [0, 0.05) is 0 Å². The van der Waals surface area contributed by atoms with E-state index in [4.69, 9.17) is 18.8 Å². The molecule has 2 aromatic rings. The topological polar surface area (TPSA) is 78.9 Å². The molecule has 0 radical (unpaired) electrons. The maximum Gasteiger partial charge on any atom is 0.317 e. The van der Waals surface area contributed by atoms with Crippen LogP contribution in [0.5, 0.6) is 11.5 Å². The minimum Gasteiger partial charge on any atom is -0.496 e. The molecule has 0 spiro atoms. The van der Waals surface area contributed by atoms with Gasteiger partial charge in [-0.2, -0.15) is 0 Å². The van der Waals surface area contributed by atoms with Crippen LogP contribution in [0.25, 0.3) is 0 Å². The highest BCUT2D eigenvalue weighted by Crippen LogP contribution is 2.35. The molecule has 0 aliphatic heterocycles. The monoisotopic (exact) mass is 475 g/mol. The number of hydrogen-bond donors (Lipinski definition) is 0. The molecule has 2 aromatic carbocycles. The molecular weight excluding hydrogens is 439 g/mol. The molecule has 6 nitrogen and oxygen atoms in total. The number of carbonyl (C=O) groups excluding carboxylic acids is 2. The van der Waals surface area contributed by atoms with E-state index in [0.717, 1.165) is 12.0 Å². The molecular formula is C26H36O6P+. The lowest BCUT2D eigenvalue weighted by Crippen LogP contribution is -2.29. The second-order valence-corrected chi connectivity index (χ2v) is 9.15. The number of ether oxygens (including phenoxy) is 3.